The van der Waals surface area contributed by atoms with Crippen molar-refractivity contribution in [3.8, 4) is 11.5 Å². The number of esters is 2. The highest BCUT2D eigenvalue weighted by Crippen LogP contribution is 2.39. The number of hydrogen-bond donors (Lipinski definition) is 1. The molecule has 0 atom stereocenters. The van der Waals surface area contributed by atoms with Crippen LogP contribution >= 0.6 is 0 Å². The minimum atomic E-state index is -0.680. The van der Waals surface area contributed by atoms with Crippen molar-refractivity contribution in [2.24, 2.45) is 10.2 Å². The van der Waals surface area contributed by atoms with Crippen molar-refractivity contribution in [3.05, 3.63) is 48.0 Å². The number of hydrogen-bond acceptors (Lipinski definition) is 7. The van der Waals surface area contributed by atoms with Crippen LogP contribution in [0.2, 0.25) is 0 Å². The van der Waals surface area contributed by atoms with E-state index in [9.17, 15) is 14.7 Å². The van der Waals surface area contributed by atoms with Gasteiger partial charge in [0.05, 0.1) is 18.4 Å². The van der Waals surface area contributed by atoms with Gasteiger partial charge >= 0.3 is 11.9 Å². The zero-order chi connectivity index (χ0) is 16.8. The lowest BCUT2D eigenvalue weighted by molar-refractivity contribution is -0.131. The molecule has 7 heteroatoms. The molecule has 0 saturated heterocycles. The smallest absolute Gasteiger partial charge is 0.338 e. The lowest BCUT2D eigenvalue weighted by Crippen LogP contribution is -2.05. The predicted octanol–water partition coefficient (Wildman–Crippen LogP) is 3.52. The Bertz CT molecular complexity index is 757. The lowest BCUT2D eigenvalue weighted by Gasteiger charge is -2.08. The summed E-state index contributed by atoms with van der Waals surface area (Å²) in [4.78, 5) is 22.8. The third kappa shape index (κ3) is 4.13. The molecule has 2 aromatic carbocycles. The van der Waals surface area contributed by atoms with Crippen LogP contribution in [0.3, 0.4) is 0 Å². The number of phenols is 1. The van der Waals surface area contributed by atoms with E-state index in [1.54, 1.807) is 24.3 Å². The maximum atomic E-state index is 11.6. The molecule has 2 rings (SSSR count). The molecule has 0 aliphatic heterocycles. The normalized spacial score (nSPS) is 10.5. The summed E-state index contributed by atoms with van der Waals surface area (Å²) in [7, 11) is 1.20. The lowest BCUT2D eigenvalue weighted by atomic mass is 10.1. The number of carbonyl (C=O) groups is 2. The Balaban J connectivity index is 2.46. The number of azo groups is 1. The molecule has 0 aliphatic carbocycles. The maximum Gasteiger partial charge on any atom is 0.338 e. The number of carbonyl (C=O) groups excluding carboxylic acids is 2. The fourth-order valence-electron chi connectivity index (χ4n) is 1.76. The molecule has 23 heavy (non-hydrogen) atoms. The molecule has 0 amide bonds. The van der Waals surface area contributed by atoms with E-state index in [4.69, 9.17) is 4.74 Å². The van der Waals surface area contributed by atoms with Gasteiger partial charge in [0.2, 0.25) is 0 Å². The fourth-order valence-corrected chi connectivity index (χ4v) is 1.76. The quantitative estimate of drug-likeness (QED) is 0.529. The van der Waals surface area contributed by atoms with E-state index in [1.807, 2.05) is 6.07 Å². The third-order valence-electron chi connectivity index (χ3n) is 2.75. The van der Waals surface area contributed by atoms with Gasteiger partial charge in [-0.3, -0.25) is 4.79 Å². The topological polar surface area (TPSA) is 97.6 Å². The average Bonchev–Trinajstić information content (AvgIpc) is 2.53. The summed E-state index contributed by atoms with van der Waals surface area (Å²) in [6.45, 7) is 1.19. The van der Waals surface area contributed by atoms with Gasteiger partial charge in [-0.05, 0) is 24.3 Å². The summed E-state index contributed by atoms with van der Waals surface area (Å²) in [5.41, 5.74) is 0.523. The van der Waals surface area contributed by atoms with Crippen LogP contribution in [-0.4, -0.2) is 24.2 Å². The number of aromatic hydroxyl groups is 1. The minimum Gasteiger partial charge on any atom is -0.505 e. The van der Waals surface area contributed by atoms with Crippen molar-refractivity contribution in [1.29, 1.82) is 0 Å². The molecule has 2 aromatic rings. The van der Waals surface area contributed by atoms with E-state index in [-0.39, 0.29) is 22.7 Å². The first-order chi connectivity index (χ1) is 11.0. The molecule has 7 nitrogen and oxygen atoms in total. The Morgan fingerprint density at radius 3 is 2.39 bits per heavy atom. The van der Waals surface area contributed by atoms with Gasteiger partial charge in [-0.1, -0.05) is 18.2 Å². The monoisotopic (exact) mass is 314 g/mol. The summed E-state index contributed by atoms with van der Waals surface area (Å²) >= 11 is 0. The summed E-state index contributed by atoms with van der Waals surface area (Å²) in [5.74, 6) is -1.75. The molecular formula is C16H14N2O5. The van der Waals surface area contributed by atoms with Gasteiger partial charge in [-0.25, -0.2) is 4.79 Å². The number of rotatable bonds is 4. The van der Waals surface area contributed by atoms with Crippen molar-refractivity contribution < 1.29 is 24.2 Å². The zero-order valence-corrected chi connectivity index (χ0v) is 12.5. The van der Waals surface area contributed by atoms with E-state index >= 15 is 0 Å². The van der Waals surface area contributed by atoms with Gasteiger partial charge < -0.3 is 14.6 Å². The molecule has 0 radical (unpaired) electrons. The molecule has 0 spiro atoms. The van der Waals surface area contributed by atoms with Crippen LogP contribution in [-0.2, 0) is 9.53 Å². The van der Waals surface area contributed by atoms with Crippen molar-refractivity contribution in [2.45, 2.75) is 6.92 Å². The molecule has 0 unspecified atom stereocenters. The van der Waals surface area contributed by atoms with Gasteiger partial charge in [0.25, 0.3) is 0 Å². The standard InChI is InChI=1S/C16H14N2O5/c1-10(19)23-14-9-11(16(21)22-2)8-13(20)15(14)18-17-12-6-4-3-5-7-12/h3-9,20H,1-2H3. The van der Waals surface area contributed by atoms with E-state index in [2.05, 4.69) is 15.0 Å². The first kappa shape index (κ1) is 16.2. The van der Waals surface area contributed by atoms with E-state index < -0.39 is 11.9 Å². The van der Waals surface area contributed by atoms with Crippen molar-refractivity contribution in [1.82, 2.24) is 0 Å². The van der Waals surface area contributed by atoms with Gasteiger partial charge in [0, 0.05) is 6.92 Å². The molecule has 0 bridgehead atoms. The molecule has 0 aromatic heterocycles. The van der Waals surface area contributed by atoms with Gasteiger partial charge in [-0.15, -0.1) is 5.11 Å². The summed E-state index contributed by atoms with van der Waals surface area (Å²) in [6, 6.07) is 11.2. The van der Waals surface area contributed by atoms with Gasteiger partial charge in [0.15, 0.2) is 11.4 Å². The highest BCUT2D eigenvalue weighted by molar-refractivity contribution is 5.92. The van der Waals surface area contributed by atoms with E-state index in [0.717, 1.165) is 6.07 Å². The number of methoxy groups -OCH3 is 1. The predicted molar refractivity (Wildman–Crippen MR) is 81.4 cm³/mol. The van der Waals surface area contributed by atoms with Crippen LogP contribution in [0.15, 0.2) is 52.7 Å². The molecule has 118 valence electrons. The number of nitrogens with zero attached hydrogens (tertiary/aromatic N) is 2. The maximum absolute atomic E-state index is 11.6. The molecular weight excluding hydrogens is 300 g/mol. The van der Waals surface area contributed by atoms with Gasteiger partial charge in [-0.2, -0.15) is 5.11 Å². The van der Waals surface area contributed by atoms with Crippen molar-refractivity contribution in [3.63, 3.8) is 0 Å². The largest absolute Gasteiger partial charge is 0.505 e. The SMILES string of the molecule is COC(=O)c1cc(O)c(N=Nc2ccccc2)c(OC(C)=O)c1. The van der Waals surface area contributed by atoms with Crippen LogP contribution in [0.5, 0.6) is 11.5 Å². The van der Waals surface area contributed by atoms with Crippen molar-refractivity contribution >= 4 is 23.3 Å². The summed E-state index contributed by atoms with van der Waals surface area (Å²) < 4.78 is 9.57. The second-order valence-electron chi connectivity index (χ2n) is 4.46. The Morgan fingerprint density at radius 1 is 1.09 bits per heavy atom. The van der Waals surface area contributed by atoms with Crippen LogP contribution in [0.1, 0.15) is 17.3 Å². The number of ether oxygens (including phenoxy) is 2. The third-order valence-corrected chi connectivity index (χ3v) is 2.75. The van der Waals surface area contributed by atoms with Crippen LogP contribution in [0.4, 0.5) is 11.4 Å². The van der Waals surface area contributed by atoms with Gasteiger partial charge in [0.1, 0.15) is 5.75 Å². The molecule has 0 aliphatic rings. The Hall–Kier alpha value is -3.22. The first-order valence-electron chi connectivity index (χ1n) is 6.62. The van der Waals surface area contributed by atoms with E-state index in [0.29, 0.717) is 5.69 Å². The van der Waals surface area contributed by atoms with Crippen LogP contribution < -0.4 is 4.74 Å². The zero-order valence-electron chi connectivity index (χ0n) is 12.5. The molecule has 0 fully saturated rings. The summed E-state index contributed by atoms with van der Waals surface area (Å²) in [6.07, 6.45) is 0. The number of phenolic OH excluding ortho intramolecular Hbond substituents is 1. The highest BCUT2D eigenvalue weighted by Gasteiger charge is 2.17. The Morgan fingerprint density at radius 2 is 1.78 bits per heavy atom. The van der Waals surface area contributed by atoms with E-state index in [1.165, 1.54) is 20.1 Å². The Kier molecular flexibility index (Phi) is 5.03. The molecule has 0 saturated carbocycles. The number of benzene rings is 2. The Labute approximate surface area is 132 Å². The van der Waals surface area contributed by atoms with Crippen LogP contribution in [0, 0.1) is 0 Å². The molecule has 1 N–H and O–H groups in total. The second-order valence-corrected chi connectivity index (χ2v) is 4.46. The molecule has 0 heterocycles. The average molecular weight is 314 g/mol. The minimum absolute atomic E-state index is 0.0277. The fraction of sp³-hybridized carbons (Fsp3) is 0.125. The van der Waals surface area contributed by atoms with Crippen molar-refractivity contribution in [2.75, 3.05) is 7.11 Å². The highest BCUT2D eigenvalue weighted by atomic mass is 16.5. The van der Waals surface area contributed by atoms with Crippen LogP contribution in [0.25, 0.3) is 0 Å². The summed E-state index contributed by atoms with van der Waals surface area (Å²) in [5, 5.41) is 17.9. The first-order valence-corrected chi connectivity index (χ1v) is 6.62. The second kappa shape index (κ2) is 7.17.